The fraction of sp³-hybridized carbons (Fsp3) is 0.214. The van der Waals surface area contributed by atoms with Crippen LogP contribution in [0.2, 0.25) is 0 Å². The van der Waals surface area contributed by atoms with Crippen molar-refractivity contribution in [2.45, 2.75) is 16.4 Å². The fourth-order valence-electron chi connectivity index (χ4n) is 2.20. The first-order chi connectivity index (χ1) is 9.68. The molecule has 2 nitrogen and oxygen atoms in total. The third-order valence-electron chi connectivity index (χ3n) is 3.27. The molecule has 0 saturated carbocycles. The highest BCUT2D eigenvalue weighted by molar-refractivity contribution is 9.10. The van der Waals surface area contributed by atoms with Crippen molar-refractivity contribution in [2.75, 3.05) is 0 Å². The van der Waals surface area contributed by atoms with Crippen molar-refractivity contribution >= 4 is 21.8 Å². The quantitative estimate of drug-likeness (QED) is 0.629. The minimum absolute atomic E-state index is 0.249. The highest BCUT2D eigenvalue weighted by Crippen LogP contribution is 2.51. The van der Waals surface area contributed by atoms with Gasteiger partial charge in [0.1, 0.15) is 10.1 Å². The van der Waals surface area contributed by atoms with Crippen molar-refractivity contribution in [3.63, 3.8) is 0 Å². The first-order valence-electron chi connectivity index (χ1n) is 5.88. The van der Waals surface area contributed by atoms with Crippen molar-refractivity contribution in [1.29, 1.82) is 0 Å². The minimum atomic E-state index is -4.64. The summed E-state index contributed by atoms with van der Waals surface area (Å²) in [6.07, 6.45) is 0.119. The van der Waals surface area contributed by atoms with Crippen molar-refractivity contribution < 1.29 is 22.4 Å². The standard InChI is InChI=1S/C14H10BrF4NO/c15-13(14(17,18)19)7-2-1-6-10(13)8-4-3-5-9(11(8)16)12(20)21/h1-7,10H,(H2,20,21). The minimum Gasteiger partial charge on any atom is -0.366 e. The molecule has 21 heavy (non-hydrogen) atoms. The molecule has 1 aromatic carbocycles. The van der Waals surface area contributed by atoms with Gasteiger partial charge in [-0.25, -0.2) is 4.39 Å². The highest BCUT2D eigenvalue weighted by atomic mass is 79.9. The number of amides is 1. The number of carbonyl (C=O) groups excluding carboxylic acids is 1. The average molecular weight is 364 g/mol. The Morgan fingerprint density at radius 2 is 1.95 bits per heavy atom. The molecular formula is C14H10BrF4NO. The summed E-state index contributed by atoms with van der Waals surface area (Å²) in [5.74, 6) is -3.42. The first kappa shape index (κ1) is 15.8. The monoisotopic (exact) mass is 363 g/mol. The molecule has 112 valence electrons. The number of halogens is 5. The van der Waals surface area contributed by atoms with Crippen LogP contribution in [-0.2, 0) is 0 Å². The zero-order valence-corrected chi connectivity index (χ0v) is 12.1. The Kier molecular flexibility index (Phi) is 3.97. The van der Waals surface area contributed by atoms with Crippen LogP contribution in [0.25, 0.3) is 0 Å². The number of benzene rings is 1. The number of rotatable bonds is 2. The van der Waals surface area contributed by atoms with E-state index in [9.17, 15) is 22.4 Å². The van der Waals surface area contributed by atoms with Crippen LogP contribution in [-0.4, -0.2) is 16.4 Å². The van der Waals surface area contributed by atoms with Crippen LogP contribution in [0.4, 0.5) is 17.6 Å². The van der Waals surface area contributed by atoms with Gasteiger partial charge in [-0.3, -0.25) is 4.79 Å². The van der Waals surface area contributed by atoms with Crippen LogP contribution in [0.3, 0.4) is 0 Å². The zero-order valence-electron chi connectivity index (χ0n) is 10.5. The first-order valence-corrected chi connectivity index (χ1v) is 6.67. The van der Waals surface area contributed by atoms with E-state index in [1.54, 1.807) is 0 Å². The number of allylic oxidation sites excluding steroid dienone is 4. The van der Waals surface area contributed by atoms with Gasteiger partial charge in [0.2, 0.25) is 0 Å². The summed E-state index contributed by atoms with van der Waals surface area (Å²) in [6, 6.07) is 3.64. The third-order valence-corrected chi connectivity index (χ3v) is 4.48. The van der Waals surface area contributed by atoms with Crippen LogP contribution in [0.5, 0.6) is 0 Å². The van der Waals surface area contributed by atoms with Gasteiger partial charge in [-0.1, -0.05) is 52.4 Å². The van der Waals surface area contributed by atoms with Crippen LogP contribution < -0.4 is 5.73 Å². The number of nitrogens with two attached hydrogens (primary N) is 1. The van der Waals surface area contributed by atoms with Crippen LogP contribution in [0.1, 0.15) is 21.8 Å². The molecule has 0 saturated heterocycles. The van der Waals surface area contributed by atoms with Crippen molar-refractivity contribution in [3.05, 3.63) is 59.4 Å². The molecule has 1 amide bonds. The maximum atomic E-state index is 14.3. The maximum Gasteiger partial charge on any atom is 0.408 e. The average Bonchev–Trinajstić information content (AvgIpc) is 2.38. The SMILES string of the molecule is NC(=O)c1cccc(C2C=CC=CC2(Br)C(F)(F)F)c1F. The normalized spacial score (nSPS) is 25.1. The van der Waals surface area contributed by atoms with Gasteiger partial charge >= 0.3 is 6.18 Å². The van der Waals surface area contributed by atoms with E-state index in [0.717, 1.165) is 12.1 Å². The number of hydrogen-bond donors (Lipinski definition) is 1. The summed E-state index contributed by atoms with van der Waals surface area (Å²) in [6.45, 7) is 0. The van der Waals surface area contributed by atoms with Gasteiger partial charge < -0.3 is 5.73 Å². The van der Waals surface area contributed by atoms with Gasteiger partial charge in [-0.2, -0.15) is 13.2 Å². The Bertz CT molecular complexity index is 638. The summed E-state index contributed by atoms with van der Waals surface area (Å²) in [7, 11) is 0. The van der Waals surface area contributed by atoms with E-state index in [4.69, 9.17) is 5.73 Å². The van der Waals surface area contributed by atoms with Gasteiger partial charge in [0.15, 0.2) is 0 Å². The second-order valence-corrected chi connectivity index (χ2v) is 5.87. The Hall–Kier alpha value is -1.63. The van der Waals surface area contributed by atoms with E-state index in [-0.39, 0.29) is 5.56 Å². The van der Waals surface area contributed by atoms with Crippen molar-refractivity contribution in [1.82, 2.24) is 0 Å². The molecule has 1 aliphatic carbocycles. The second kappa shape index (κ2) is 5.29. The van der Waals surface area contributed by atoms with Crippen LogP contribution in [0.15, 0.2) is 42.5 Å². The lowest BCUT2D eigenvalue weighted by molar-refractivity contribution is -0.148. The molecule has 2 rings (SSSR count). The second-order valence-electron chi connectivity index (χ2n) is 4.56. The molecule has 0 radical (unpaired) electrons. The molecule has 0 spiro atoms. The molecule has 2 N–H and O–H groups in total. The lowest BCUT2D eigenvalue weighted by Crippen LogP contribution is -2.43. The van der Waals surface area contributed by atoms with Gasteiger partial charge in [-0.05, 0) is 11.6 Å². The van der Waals surface area contributed by atoms with Crippen LogP contribution in [0, 0.1) is 5.82 Å². The van der Waals surface area contributed by atoms with Gasteiger partial charge in [0, 0.05) is 5.92 Å². The summed E-state index contributed by atoms with van der Waals surface area (Å²) in [4.78, 5) is 11.1. The zero-order chi connectivity index (χ0) is 15.8. The molecule has 1 aliphatic rings. The summed E-state index contributed by atoms with van der Waals surface area (Å²) >= 11 is 2.67. The van der Waals surface area contributed by atoms with E-state index >= 15 is 0 Å². The summed E-state index contributed by atoms with van der Waals surface area (Å²) < 4.78 is 51.8. The Balaban J connectivity index is 2.60. The summed E-state index contributed by atoms with van der Waals surface area (Å²) in [5.41, 5.74) is 4.34. The molecule has 7 heteroatoms. The Morgan fingerprint density at radius 1 is 1.29 bits per heavy atom. The molecule has 0 fully saturated rings. The number of hydrogen-bond acceptors (Lipinski definition) is 1. The highest BCUT2D eigenvalue weighted by Gasteiger charge is 2.57. The molecule has 2 atom stereocenters. The van der Waals surface area contributed by atoms with E-state index in [1.807, 2.05) is 0 Å². The van der Waals surface area contributed by atoms with Gasteiger partial charge in [-0.15, -0.1) is 0 Å². The van der Waals surface area contributed by atoms with Crippen molar-refractivity contribution in [2.24, 2.45) is 5.73 Å². The summed E-state index contributed by atoms with van der Waals surface area (Å²) in [5, 5.41) is 0. The number of alkyl halides is 4. The largest absolute Gasteiger partial charge is 0.408 e. The third kappa shape index (κ3) is 2.62. The molecule has 1 aromatic rings. The van der Waals surface area contributed by atoms with Gasteiger partial charge in [0.25, 0.3) is 5.91 Å². The topological polar surface area (TPSA) is 43.1 Å². The van der Waals surface area contributed by atoms with Crippen molar-refractivity contribution in [3.8, 4) is 0 Å². The predicted octanol–water partition coefficient (Wildman–Crippen LogP) is 3.83. The lowest BCUT2D eigenvalue weighted by Gasteiger charge is -2.35. The Labute approximate surface area is 126 Å². The predicted molar refractivity (Wildman–Crippen MR) is 73.7 cm³/mol. The number of carbonyl (C=O) groups is 1. The number of primary amides is 1. The fourth-order valence-corrected chi connectivity index (χ4v) is 2.75. The van der Waals surface area contributed by atoms with E-state index in [0.29, 0.717) is 0 Å². The Morgan fingerprint density at radius 3 is 2.52 bits per heavy atom. The van der Waals surface area contributed by atoms with Gasteiger partial charge in [0.05, 0.1) is 5.56 Å². The lowest BCUT2D eigenvalue weighted by atomic mass is 9.81. The molecule has 2 unspecified atom stereocenters. The van der Waals surface area contributed by atoms with E-state index in [1.165, 1.54) is 30.4 Å². The van der Waals surface area contributed by atoms with E-state index < -0.39 is 33.7 Å². The van der Waals surface area contributed by atoms with Crippen LogP contribution >= 0.6 is 15.9 Å². The maximum absolute atomic E-state index is 14.3. The molecule has 0 aliphatic heterocycles. The smallest absolute Gasteiger partial charge is 0.366 e. The molecular weight excluding hydrogens is 354 g/mol. The molecule has 0 heterocycles. The molecule has 0 bridgehead atoms. The van der Waals surface area contributed by atoms with E-state index in [2.05, 4.69) is 15.9 Å². The molecule has 0 aromatic heterocycles.